The predicted octanol–water partition coefficient (Wildman–Crippen LogP) is 4.18. The van der Waals surface area contributed by atoms with Crippen molar-refractivity contribution in [2.24, 2.45) is 11.8 Å². The van der Waals surface area contributed by atoms with Crippen molar-refractivity contribution in [1.82, 2.24) is 10.0 Å². The Morgan fingerprint density at radius 1 is 0.935 bits per heavy atom. The first-order chi connectivity index (χ1) is 14.9. The van der Waals surface area contributed by atoms with Crippen LogP contribution in [0.1, 0.15) is 33.6 Å². The van der Waals surface area contributed by atoms with Crippen molar-refractivity contribution in [3.63, 3.8) is 0 Å². The highest BCUT2D eigenvalue weighted by Crippen LogP contribution is 2.36. The fourth-order valence-electron chi connectivity index (χ4n) is 3.91. The SMILES string of the molecule is O=C(CN(C(=O)c1ccc(Cl)cc1Cl)N1C(=O)[C@H]2CC=CC[C@H]2C1=O)c1ccccc1. The number of ketones is 1. The molecule has 2 aliphatic rings. The lowest BCUT2D eigenvalue weighted by Gasteiger charge is -2.30. The Morgan fingerprint density at radius 2 is 1.55 bits per heavy atom. The number of allylic oxidation sites excluding steroid dienone is 2. The summed E-state index contributed by atoms with van der Waals surface area (Å²) in [5, 5.41) is 2.14. The van der Waals surface area contributed by atoms with E-state index in [1.54, 1.807) is 30.3 Å². The lowest BCUT2D eigenvalue weighted by Crippen LogP contribution is -2.52. The first-order valence-electron chi connectivity index (χ1n) is 9.76. The molecule has 0 saturated carbocycles. The Balaban J connectivity index is 1.72. The zero-order valence-electron chi connectivity index (χ0n) is 16.3. The molecular formula is C23H18Cl2N2O4. The van der Waals surface area contributed by atoms with Crippen molar-refractivity contribution in [2.75, 3.05) is 6.54 Å². The van der Waals surface area contributed by atoms with E-state index >= 15 is 0 Å². The largest absolute Gasteiger partial charge is 0.292 e. The highest BCUT2D eigenvalue weighted by Gasteiger charge is 2.51. The lowest BCUT2D eigenvalue weighted by atomic mass is 9.85. The number of imide groups is 1. The van der Waals surface area contributed by atoms with Crippen LogP contribution in [0.4, 0.5) is 0 Å². The Labute approximate surface area is 189 Å². The standard InChI is InChI=1S/C23H18Cl2N2O4/c24-15-10-11-18(19(25)12-15)21(29)26(13-20(28)14-6-2-1-3-7-14)27-22(30)16-8-4-5-9-17(16)23(27)31/h1-7,10-12,16-17H,8-9,13H2/t16-,17+. The molecule has 8 heteroatoms. The van der Waals surface area contributed by atoms with Gasteiger partial charge in [0.15, 0.2) is 5.78 Å². The van der Waals surface area contributed by atoms with E-state index < -0.39 is 41.9 Å². The van der Waals surface area contributed by atoms with Gasteiger partial charge in [-0.1, -0.05) is 65.7 Å². The fraction of sp³-hybridized carbons (Fsp3) is 0.217. The van der Waals surface area contributed by atoms with Crippen molar-refractivity contribution in [3.8, 4) is 0 Å². The van der Waals surface area contributed by atoms with E-state index in [9.17, 15) is 19.2 Å². The van der Waals surface area contributed by atoms with Gasteiger partial charge in [0.2, 0.25) is 0 Å². The monoisotopic (exact) mass is 456 g/mol. The quantitative estimate of drug-likeness (QED) is 0.384. The molecule has 0 bridgehead atoms. The van der Waals surface area contributed by atoms with Crippen molar-refractivity contribution >= 4 is 46.7 Å². The molecule has 1 fully saturated rings. The number of carbonyl (C=O) groups is 4. The van der Waals surface area contributed by atoms with Gasteiger partial charge >= 0.3 is 0 Å². The summed E-state index contributed by atoms with van der Waals surface area (Å²) in [6.07, 6.45) is 4.55. The molecular weight excluding hydrogens is 439 g/mol. The minimum atomic E-state index is -0.723. The third kappa shape index (κ3) is 4.01. The summed E-state index contributed by atoms with van der Waals surface area (Å²) in [6.45, 7) is -0.480. The van der Waals surface area contributed by atoms with Gasteiger partial charge in [-0.05, 0) is 31.0 Å². The van der Waals surface area contributed by atoms with E-state index in [1.807, 2.05) is 12.2 Å². The second-order valence-corrected chi connectivity index (χ2v) is 8.26. The van der Waals surface area contributed by atoms with Crippen LogP contribution in [-0.2, 0) is 9.59 Å². The molecule has 2 aromatic rings. The number of hydrazine groups is 1. The highest BCUT2D eigenvalue weighted by atomic mass is 35.5. The molecule has 2 atom stereocenters. The molecule has 0 spiro atoms. The topological polar surface area (TPSA) is 74.8 Å². The maximum absolute atomic E-state index is 13.4. The molecule has 0 aromatic heterocycles. The summed E-state index contributed by atoms with van der Waals surface area (Å²) in [7, 11) is 0. The molecule has 1 aliphatic heterocycles. The maximum atomic E-state index is 13.4. The molecule has 0 radical (unpaired) electrons. The van der Waals surface area contributed by atoms with Crippen molar-refractivity contribution in [1.29, 1.82) is 0 Å². The second kappa shape index (κ2) is 8.65. The van der Waals surface area contributed by atoms with Crippen LogP contribution in [0, 0.1) is 11.8 Å². The molecule has 3 amide bonds. The smallest absolute Gasteiger partial charge is 0.274 e. The number of nitrogens with zero attached hydrogens (tertiary/aromatic N) is 2. The third-order valence-corrected chi connectivity index (χ3v) is 6.06. The van der Waals surface area contributed by atoms with Gasteiger partial charge in [0.1, 0.15) is 6.54 Å². The Kier molecular flexibility index (Phi) is 5.94. The van der Waals surface area contributed by atoms with Gasteiger partial charge in [-0.2, -0.15) is 5.01 Å². The number of hydrogen-bond acceptors (Lipinski definition) is 4. The summed E-state index contributed by atoms with van der Waals surface area (Å²) in [6, 6.07) is 12.7. The number of Topliss-reactive ketones (excluding diaryl/α,β-unsaturated/α-hetero) is 1. The normalized spacial score (nSPS) is 20.0. The first-order valence-corrected chi connectivity index (χ1v) is 10.5. The molecule has 4 rings (SSSR count). The zero-order valence-corrected chi connectivity index (χ0v) is 17.8. The van der Waals surface area contributed by atoms with Crippen LogP contribution in [0.25, 0.3) is 0 Å². The number of rotatable bonds is 5. The average molecular weight is 457 g/mol. The van der Waals surface area contributed by atoms with Gasteiger partial charge in [0.25, 0.3) is 17.7 Å². The Hall–Kier alpha value is -2.96. The van der Waals surface area contributed by atoms with Crippen LogP contribution in [0.3, 0.4) is 0 Å². The number of hydrogen-bond donors (Lipinski definition) is 0. The summed E-state index contributed by atoms with van der Waals surface area (Å²) in [4.78, 5) is 52.5. The van der Waals surface area contributed by atoms with Crippen LogP contribution < -0.4 is 0 Å². The first kappa shape index (κ1) is 21.3. The molecule has 0 unspecified atom stereocenters. The zero-order chi connectivity index (χ0) is 22.1. The van der Waals surface area contributed by atoms with E-state index in [0.29, 0.717) is 23.4 Å². The summed E-state index contributed by atoms with van der Waals surface area (Å²) >= 11 is 12.1. The molecule has 1 heterocycles. The summed E-state index contributed by atoms with van der Waals surface area (Å²) in [5.41, 5.74) is 0.404. The minimum absolute atomic E-state index is 0.0422. The number of fused-ring (bicyclic) bond motifs is 1. The van der Waals surface area contributed by atoms with Gasteiger partial charge in [-0.25, -0.2) is 5.01 Å². The lowest BCUT2D eigenvalue weighted by molar-refractivity contribution is -0.154. The van der Waals surface area contributed by atoms with E-state index in [1.165, 1.54) is 18.2 Å². The number of carbonyl (C=O) groups excluding carboxylic acids is 4. The van der Waals surface area contributed by atoms with Crippen LogP contribution in [0.15, 0.2) is 60.7 Å². The summed E-state index contributed by atoms with van der Waals surface area (Å²) < 4.78 is 0. The van der Waals surface area contributed by atoms with Gasteiger partial charge in [-0.3, -0.25) is 19.2 Å². The molecule has 2 aromatic carbocycles. The predicted molar refractivity (Wildman–Crippen MR) is 115 cm³/mol. The van der Waals surface area contributed by atoms with E-state index in [2.05, 4.69) is 0 Å². The van der Waals surface area contributed by atoms with Crippen LogP contribution in [0.5, 0.6) is 0 Å². The molecule has 1 aliphatic carbocycles. The molecule has 1 saturated heterocycles. The van der Waals surface area contributed by atoms with Crippen LogP contribution in [-0.4, -0.2) is 40.1 Å². The Morgan fingerprint density at radius 3 is 2.13 bits per heavy atom. The van der Waals surface area contributed by atoms with Crippen molar-refractivity contribution < 1.29 is 19.2 Å². The van der Waals surface area contributed by atoms with Crippen LogP contribution >= 0.6 is 23.2 Å². The van der Waals surface area contributed by atoms with Crippen LogP contribution in [0.2, 0.25) is 10.0 Å². The van der Waals surface area contributed by atoms with E-state index in [4.69, 9.17) is 23.2 Å². The van der Waals surface area contributed by atoms with Gasteiger partial charge in [0, 0.05) is 10.6 Å². The Bertz CT molecular complexity index is 1070. The van der Waals surface area contributed by atoms with Gasteiger partial charge < -0.3 is 0 Å². The minimum Gasteiger partial charge on any atom is -0.292 e. The fourth-order valence-corrected chi connectivity index (χ4v) is 4.40. The van der Waals surface area contributed by atoms with Gasteiger partial charge in [0.05, 0.1) is 22.4 Å². The number of benzene rings is 2. The van der Waals surface area contributed by atoms with Gasteiger partial charge in [-0.15, -0.1) is 0 Å². The molecule has 158 valence electrons. The van der Waals surface area contributed by atoms with Crippen molar-refractivity contribution in [3.05, 3.63) is 81.9 Å². The third-order valence-electron chi connectivity index (χ3n) is 5.51. The van der Waals surface area contributed by atoms with E-state index in [-0.39, 0.29) is 10.6 Å². The van der Waals surface area contributed by atoms with Crippen molar-refractivity contribution in [2.45, 2.75) is 12.8 Å². The number of amides is 3. The van der Waals surface area contributed by atoms with E-state index in [0.717, 1.165) is 10.0 Å². The maximum Gasteiger partial charge on any atom is 0.274 e. The molecule has 0 N–H and O–H groups in total. The summed E-state index contributed by atoms with van der Waals surface area (Å²) in [5.74, 6) is -3.19. The second-order valence-electron chi connectivity index (χ2n) is 7.42. The number of halogens is 2. The molecule has 6 nitrogen and oxygen atoms in total. The highest BCUT2D eigenvalue weighted by molar-refractivity contribution is 6.36. The average Bonchev–Trinajstić information content (AvgIpc) is 3.02. The molecule has 31 heavy (non-hydrogen) atoms.